The Balaban J connectivity index is -0.000000000833. The van der Waals surface area contributed by atoms with Gasteiger partial charge in [-0.25, -0.2) is 0 Å². The van der Waals surface area contributed by atoms with Crippen LogP contribution in [0.1, 0.15) is 13.8 Å². The molecule has 0 unspecified atom stereocenters. The fourth-order valence-electron chi connectivity index (χ4n) is 0. The minimum atomic E-state index is 0. The molecule has 0 saturated carbocycles. The van der Waals surface area contributed by atoms with Crippen LogP contribution < -0.4 is 0 Å². The Morgan fingerprint density at radius 3 is 0.500 bits per heavy atom. The summed E-state index contributed by atoms with van der Waals surface area (Å²) in [6, 6.07) is 0. The summed E-state index contributed by atoms with van der Waals surface area (Å²) in [5.41, 5.74) is 0. The summed E-state index contributed by atoms with van der Waals surface area (Å²) in [5.74, 6) is 0. The normalized spacial score (nSPS) is 1.00. The molecular formula is C2H10K4. The fourth-order valence-corrected chi connectivity index (χ4v) is 0. The molecule has 0 heterocycles. The molecular weight excluding hydrogens is 180 g/mol. The van der Waals surface area contributed by atoms with E-state index < -0.39 is 0 Å². The molecule has 0 nitrogen and oxygen atoms in total. The second kappa shape index (κ2) is 30.0. The van der Waals surface area contributed by atoms with E-state index in [1.165, 1.54) is 0 Å². The molecule has 0 bridgehead atoms. The van der Waals surface area contributed by atoms with Crippen LogP contribution in [0.4, 0.5) is 0 Å². The van der Waals surface area contributed by atoms with Crippen molar-refractivity contribution in [2.75, 3.05) is 0 Å². The van der Waals surface area contributed by atoms with Gasteiger partial charge in [0.05, 0.1) is 0 Å². The monoisotopic (exact) mass is 190 g/mol. The summed E-state index contributed by atoms with van der Waals surface area (Å²) in [5, 5.41) is 0. The second-order valence-corrected chi connectivity index (χ2v) is 0. The molecule has 0 atom stereocenters. The zero-order valence-corrected chi connectivity index (χ0v) is 2.00. The second-order valence-electron chi connectivity index (χ2n) is 0. The molecule has 0 saturated heterocycles. The number of hydrogen-bond acceptors (Lipinski definition) is 0. The van der Waals surface area contributed by atoms with E-state index in [9.17, 15) is 0 Å². The van der Waals surface area contributed by atoms with E-state index in [2.05, 4.69) is 0 Å². The predicted molar refractivity (Wildman–Crippen MR) is 39.9 cm³/mol. The topological polar surface area (TPSA) is 0 Å². The first-order valence-electron chi connectivity index (χ1n) is 1.00. The van der Waals surface area contributed by atoms with Crippen LogP contribution in [0.15, 0.2) is 0 Å². The molecule has 0 aromatic carbocycles. The van der Waals surface area contributed by atoms with Gasteiger partial charge in [0.1, 0.15) is 0 Å². The van der Waals surface area contributed by atoms with Gasteiger partial charge in [-0.2, -0.15) is 0 Å². The van der Waals surface area contributed by atoms with Gasteiger partial charge in [0, 0.05) is 0 Å². The Morgan fingerprint density at radius 2 is 0.500 bits per heavy atom. The first-order valence-corrected chi connectivity index (χ1v) is 1.00. The predicted octanol–water partition coefficient (Wildman–Crippen LogP) is -1.57. The standard InChI is InChI=1S/C2H6.4K.4H/c1-2;;;;;;;;/h1-2H3;;;;;;;;. The minimum absolute atomic E-state index is 0. The third-order valence-corrected chi connectivity index (χ3v) is 0. The van der Waals surface area contributed by atoms with E-state index in [1.54, 1.807) is 0 Å². The Morgan fingerprint density at radius 1 is 0.500 bits per heavy atom. The van der Waals surface area contributed by atoms with E-state index in [0.29, 0.717) is 0 Å². The van der Waals surface area contributed by atoms with E-state index in [4.69, 9.17) is 0 Å². The zero-order valence-electron chi connectivity index (χ0n) is 2.00. The van der Waals surface area contributed by atoms with Crippen LogP contribution in [0.3, 0.4) is 0 Å². The van der Waals surface area contributed by atoms with Gasteiger partial charge < -0.3 is 0 Å². The van der Waals surface area contributed by atoms with Crippen LogP contribution in [0.25, 0.3) is 0 Å². The van der Waals surface area contributed by atoms with Crippen molar-refractivity contribution in [1.82, 2.24) is 0 Å². The van der Waals surface area contributed by atoms with E-state index >= 15 is 0 Å². The molecule has 0 amide bonds. The maximum atomic E-state index is 2.00. The average Bonchev–Trinajstić information content (AvgIpc) is 1.00. The van der Waals surface area contributed by atoms with Gasteiger partial charge in [-0.1, -0.05) is 13.8 Å². The third kappa shape index (κ3) is 22.4. The summed E-state index contributed by atoms with van der Waals surface area (Å²) < 4.78 is 0. The molecule has 0 aliphatic rings. The first-order chi connectivity index (χ1) is 1.00. The van der Waals surface area contributed by atoms with Crippen molar-refractivity contribution < 1.29 is 0 Å². The van der Waals surface area contributed by atoms with E-state index in [0.717, 1.165) is 0 Å². The maximum absolute atomic E-state index is 2.00. The SMILES string of the molecule is CC.[KH].[KH].[KH].[KH]. The molecule has 0 rings (SSSR count). The number of rotatable bonds is 0. The summed E-state index contributed by atoms with van der Waals surface area (Å²) >= 11 is 0. The van der Waals surface area contributed by atoms with Gasteiger partial charge >= 0.3 is 206 Å². The van der Waals surface area contributed by atoms with Gasteiger partial charge in [-0.15, -0.1) is 0 Å². The van der Waals surface area contributed by atoms with Gasteiger partial charge in [0.25, 0.3) is 0 Å². The summed E-state index contributed by atoms with van der Waals surface area (Å²) in [4.78, 5) is 0. The van der Waals surface area contributed by atoms with Gasteiger partial charge in [0.2, 0.25) is 0 Å². The molecule has 0 N–H and O–H groups in total. The van der Waals surface area contributed by atoms with Crippen LogP contribution >= 0.6 is 0 Å². The quantitative estimate of drug-likeness (QED) is 0.405. The zero-order chi connectivity index (χ0) is 2.00. The van der Waals surface area contributed by atoms with Crippen molar-refractivity contribution in [3.8, 4) is 0 Å². The van der Waals surface area contributed by atoms with Crippen molar-refractivity contribution in [2.24, 2.45) is 0 Å². The van der Waals surface area contributed by atoms with Crippen LogP contribution in [0.2, 0.25) is 0 Å². The molecule has 0 aliphatic carbocycles. The Kier molecular flexibility index (Phi) is 147. The number of hydrogen-bond donors (Lipinski definition) is 0. The molecule has 0 aromatic heterocycles. The van der Waals surface area contributed by atoms with Gasteiger partial charge in [0.15, 0.2) is 0 Å². The van der Waals surface area contributed by atoms with Gasteiger partial charge in [-0.3, -0.25) is 0 Å². The molecule has 4 heteroatoms. The van der Waals surface area contributed by atoms with Gasteiger partial charge in [-0.05, 0) is 0 Å². The van der Waals surface area contributed by atoms with Crippen LogP contribution in [-0.4, -0.2) is 206 Å². The van der Waals surface area contributed by atoms with E-state index in [-0.39, 0.29) is 206 Å². The van der Waals surface area contributed by atoms with Crippen molar-refractivity contribution in [3.63, 3.8) is 0 Å². The molecule has 6 heavy (non-hydrogen) atoms. The van der Waals surface area contributed by atoms with E-state index in [1.807, 2.05) is 13.8 Å². The summed E-state index contributed by atoms with van der Waals surface area (Å²) in [6.45, 7) is 4.00. The van der Waals surface area contributed by atoms with Crippen molar-refractivity contribution in [1.29, 1.82) is 0 Å². The summed E-state index contributed by atoms with van der Waals surface area (Å²) in [6.07, 6.45) is 0. The Labute approximate surface area is 211 Å². The summed E-state index contributed by atoms with van der Waals surface area (Å²) in [7, 11) is 0. The van der Waals surface area contributed by atoms with Crippen LogP contribution in [0.5, 0.6) is 0 Å². The van der Waals surface area contributed by atoms with Crippen molar-refractivity contribution in [2.45, 2.75) is 13.8 Å². The molecule has 22 valence electrons. The molecule has 0 spiro atoms. The Hall–Kier alpha value is 6.55. The first kappa shape index (κ1) is 29.4. The van der Waals surface area contributed by atoms with Crippen LogP contribution in [-0.2, 0) is 0 Å². The van der Waals surface area contributed by atoms with Crippen molar-refractivity contribution >= 4 is 206 Å². The fraction of sp³-hybridized carbons (Fsp3) is 1.00. The third-order valence-electron chi connectivity index (χ3n) is 0. The Bertz CT molecular complexity index is 5.51. The molecule has 0 aliphatic heterocycles. The molecule has 0 radical (unpaired) electrons. The molecule has 0 fully saturated rings. The van der Waals surface area contributed by atoms with Crippen molar-refractivity contribution in [3.05, 3.63) is 0 Å². The molecule has 0 aromatic rings. The average molecular weight is 190 g/mol. The van der Waals surface area contributed by atoms with Crippen LogP contribution in [0, 0.1) is 0 Å².